The van der Waals surface area contributed by atoms with Gasteiger partial charge >= 0.3 is 0 Å². The number of rotatable bonds is 7. The first-order valence-electron chi connectivity index (χ1n) is 6.74. The van der Waals surface area contributed by atoms with Gasteiger partial charge in [-0.05, 0) is 18.4 Å². The molecule has 0 bridgehead atoms. The zero-order chi connectivity index (χ0) is 14.3. The van der Waals surface area contributed by atoms with Crippen molar-refractivity contribution in [1.29, 1.82) is 10.5 Å². The van der Waals surface area contributed by atoms with Crippen LogP contribution < -0.4 is 0 Å². The van der Waals surface area contributed by atoms with Gasteiger partial charge in [-0.25, -0.2) is 4.98 Å². The van der Waals surface area contributed by atoms with E-state index in [1.807, 2.05) is 10.6 Å². The van der Waals surface area contributed by atoms with Crippen molar-refractivity contribution < 1.29 is 0 Å². The lowest BCUT2D eigenvalue weighted by molar-refractivity contribution is 0.388. The van der Waals surface area contributed by atoms with Crippen LogP contribution in [0.4, 0.5) is 0 Å². The van der Waals surface area contributed by atoms with E-state index in [-0.39, 0.29) is 5.69 Å². The van der Waals surface area contributed by atoms with Crippen molar-refractivity contribution in [3.05, 3.63) is 23.8 Å². The molecule has 19 heavy (non-hydrogen) atoms. The fraction of sp³-hybridized carbons (Fsp3) is 0.533. The van der Waals surface area contributed by atoms with Crippen LogP contribution in [0.25, 0.3) is 6.08 Å². The second-order valence-electron chi connectivity index (χ2n) is 4.62. The number of imidazole rings is 1. The van der Waals surface area contributed by atoms with Crippen molar-refractivity contribution in [3.8, 4) is 12.1 Å². The molecular weight excluding hydrogens is 236 g/mol. The van der Waals surface area contributed by atoms with Crippen molar-refractivity contribution in [2.75, 3.05) is 0 Å². The molecule has 1 atom stereocenters. The van der Waals surface area contributed by atoms with E-state index in [1.54, 1.807) is 6.08 Å². The van der Waals surface area contributed by atoms with Crippen molar-refractivity contribution in [2.24, 2.45) is 5.92 Å². The fourth-order valence-corrected chi connectivity index (χ4v) is 2.18. The zero-order valence-electron chi connectivity index (χ0n) is 11.7. The summed E-state index contributed by atoms with van der Waals surface area (Å²) in [7, 11) is 0. The lowest BCUT2D eigenvalue weighted by atomic mass is 9.99. The third-order valence-electron chi connectivity index (χ3n) is 3.38. The van der Waals surface area contributed by atoms with E-state index < -0.39 is 0 Å². The van der Waals surface area contributed by atoms with Crippen LogP contribution in [-0.2, 0) is 6.54 Å². The average molecular weight is 256 g/mol. The van der Waals surface area contributed by atoms with Crippen molar-refractivity contribution in [3.63, 3.8) is 0 Å². The summed E-state index contributed by atoms with van der Waals surface area (Å²) in [4.78, 5) is 4.15. The molecule has 4 heteroatoms. The Kier molecular flexibility index (Phi) is 5.82. The minimum absolute atomic E-state index is 0.197. The molecule has 4 nitrogen and oxygen atoms in total. The van der Waals surface area contributed by atoms with Gasteiger partial charge in [0.1, 0.15) is 18.0 Å². The highest BCUT2D eigenvalue weighted by Gasteiger charge is 2.17. The van der Waals surface area contributed by atoms with Gasteiger partial charge in [-0.2, -0.15) is 10.5 Å². The van der Waals surface area contributed by atoms with E-state index >= 15 is 0 Å². The summed E-state index contributed by atoms with van der Waals surface area (Å²) in [6, 6.07) is 4.06. The minimum atomic E-state index is 0.197. The molecule has 0 N–H and O–H groups in total. The van der Waals surface area contributed by atoms with Crippen molar-refractivity contribution >= 4 is 6.08 Å². The van der Waals surface area contributed by atoms with E-state index in [9.17, 15) is 5.26 Å². The van der Waals surface area contributed by atoms with Crippen LogP contribution in [0.5, 0.6) is 0 Å². The Morgan fingerprint density at radius 2 is 2.11 bits per heavy atom. The smallest absolute Gasteiger partial charge is 0.177 e. The van der Waals surface area contributed by atoms with E-state index in [0.717, 1.165) is 19.4 Å². The van der Waals surface area contributed by atoms with Gasteiger partial charge in [-0.3, -0.25) is 0 Å². The maximum absolute atomic E-state index is 9.20. The Morgan fingerprint density at radius 1 is 1.37 bits per heavy atom. The number of hydrogen-bond donors (Lipinski definition) is 0. The monoisotopic (exact) mass is 256 g/mol. The topological polar surface area (TPSA) is 65.4 Å². The molecule has 1 heterocycles. The normalized spacial score (nSPS) is 11.6. The first-order chi connectivity index (χ1) is 9.21. The Labute approximate surface area is 115 Å². The van der Waals surface area contributed by atoms with Crippen LogP contribution in [0.3, 0.4) is 0 Å². The highest BCUT2D eigenvalue weighted by atomic mass is 15.1. The van der Waals surface area contributed by atoms with Gasteiger partial charge in [0.15, 0.2) is 11.4 Å². The number of nitriles is 2. The predicted octanol–water partition coefficient (Wildman–Crippen LogP) is 3.49. The van der Waals surface area contributed by atoms with Gasteiger partial charge in [-0.1, -0.05) is 39.7 Å². The predicted molar refractivity (Wildman–Crippen MR) is 75.1 cm³/mol. The summed E-state index contributed by atoms with van der Waals surface area (Å²) in [6.07, 6.45) is 6.15. The third-order valence-corrected chi connectivity index (χ3v) is 3.38. The van der Waals surface area contributed by atoms with Crippen LogP contribution in [0, 0.1) is 28.6 Å². The Bertz CT molecular complexity index is 513. The van der Waals surface area contributed by atoms with Crippen LogP contribution in [-0.4, -0.2) is 9.55 Å². The molecule has 0 radical (unpaired) electrons. The van der Waals surface area contributed by atoms with Gasteiger partial charge in [0.2, 0.25) is 0 Å². The third kappa shape index (κ3) is 3.45. The van der Waals surface area contributed by atoms with Gasteiger partial charge in [0, 0.05) is 6.54 Å². The Hall–Kier alpha value is -2.07. The lowest BCUT2D eigenvalue weighted by Crippen LogP contribution is -2.13. The molecule has 1 unspecified atom stereocenters. The van der Waals surface area contributed by atoms with Crippen LogP contribution >= 0.6 is 0 Å². The lowest BCUT2D eigenvalue weighted by Gasteiger charge is -2.16. The van der Waals surface area contributed by atoms with Crippen LogP contribution in [0.15, 0.2) is 6.58 Å². The second kappa shape index (κ2) is 7.38. The van der Waals surface area contributed by atoms with E-state index in [0.29, 0.717) is 17.4 Å². The molecule has 0 aromatic carbocycles. The summed E-state index contributed by atoms with van der Waals surface area (Å²) >= 11 is 0. The summed E-state index contributed by atoms with van der Waals surface area (Å²) in [6.45, 7) is 8.77. The average Bonchev–Trinajstić information content (AvgIpc) is 2.79. The second-order valence-corrected chi connectivity index (χ2v) is 4.62. The molecule has 1 rings (SSSR count). The SMILES string of the molecule is C=Cc1nc(C#N)c(C#N)n1CC(CC)CCCC. The highest BCUT2D eigenvalue weighted by molar-refractivity contribution is 5.47. The summed E-state index contributed by atoms with van der Waals surface area (Å²) in [5, 5.41) is 18.2. The van der Waals surface area contributed by atoms with Crippen molar-refractivity contribution in [1.82, 2.24) is 9.55 Å². The molecule has 0 aliphatic heterocycles. The standard InChI is InChI=1S/C15H20N4/c1-4-7-8-12(5-2)11-19-14(10-17)13(9-16)18-15(19)6-3/h6,12H,3-5,7-8,11H2,1-2H3. The Morgan fingerprint density at radius 3 is 2.58 bits per heavy atom. The zero-order valence-corrected chi connectivity index (χ0v) is 11.7. The number of unbranched alkanes of at least 4 members (excludes halogenated alkanes) is 1. The van der Waals surface area contributed by atoms with Gasteiger partial charge in [0.25, 0.3) is 0 Å². The summed E-state index contributed by atoms with van der Waals surface area (Å²) < 4.78 is 1.83. The molecule has 100 valence electrons. The number of hydrogen-bond acceptors (Lipinski definition) is 3. The molecule has 0 fully saturated rings. The van der Waals surface area contributed by atoms with Gasteiger partial charge in [-0.15, -0.1) is 0 Å². The van der Waals surface area contributed by atoms with E-state index in [1.165, 1.54) is 12.8 Å². The molecule has 1 aromatic heterocycles. The van der Waals surface area contributed by atoms with Crippen LogP contribution in [0.1, 0.15) is 56.7 Å². The number of aromatic nitrogens is 2. The molecule has 1 aromatic rings. The molecule has 0 spiro atoms. The summed E-state index contributed by atoms with van der Waals surface area (Å²) in [5.41, 5.74) is 0.551. The molecule has 0 saturated carbocycles. The maximum Gasteiger partial charge on any atom is 0.177 e. The van der Waals surface area contributed by atoms with E-state index in [4.69, 9.17) is 5.26 Å². The molecule has 0 saturated heterocycles. The first kappa shape index (κ1) is 15.0. The van der Waals surface area contributed by atoms with Crippen molar-refractivity contribution in [2.45, 2.75) is 46.1 Å². The van der Waals surface area contributed by atoms with Gasteiger partial charge < -0.3 is 4.57 Å². The first-order valence-corrected chi connectivity index (χ1v) is 6.74. The Balaban J connectivity index is 3.05. The number of nitrogens with zero attached hydrogens (tertiary/aromatic N) is 4. The van der Waals surface area contributed by atoms with E-state index in [2.05, 4.69) is 31.5 Å². The molecule has 0 aliphatic carbocycles. The maximum atomic E-state index is 9.20. The molecular formula is C15H20N4. The minimum Gasteiger partial charge on any atom is -0.315 e. The molecule has 0 amide bonds. The quantitative estimate of drug-likeness (QED) is 0.750. The largest absolute Gasteiger partial charge is 0.315 e. The summed E-state index contributed by atoms with van der Waals surface area (Å²) in [5.74, 6) is 1.12. The van der Waals surface area contributed by atoms with Crippen LogP contribution in [0.2, 0.25) is 0 Å². The highest BCUT2D eigenvalue weighted by Crippen LogP contribution is 2.19. The fourth-order valence-electron chi connectivity index (χ4n) is 2.18. The van der Waals surface area contributed by atoms with Gasteiger partial charge in [0.05, 0.1) is 0 Å². The molecule has 0 aliphatic rings.